The molecule has 3 rings (SSSR count). The van der Waals surface area contributed by atoms with Crippen LogP contribution in [0.25, 0.3) is 22.4 Å². The van der Waals surface area contributed by atoms with Gasteiger partial charge in [0.2, 0.25) is 5.88 Å². The molecule has 3 aromatic rings. The molecule has 0 amide bonds. The van der Waals surface area contributed by atoms with E-state index in [1.54, 1.807) is 0 Å². The van der Waals surface area contributed by atoms with Crippen molar-refractivity contribution >= 4 is 21.8 Å². The van der Waals surface area contributed by atoms with E-state index >= 15 is 0 Å². The van der Waals surface area contributed by atoms with Gasteiger partial charge in [0.05, 0.1) is 5.56 Å². The van der Waals surface area contributed by atoms with Crippen LogP contribution < -0.4 is 5.73 Å². The molecular weight excluding hydrogens is 328 g/mol. The largest absolute Gasteiger partial charge is 0.367 e. The lowest BCUT2D eigenvalue weighted by molar-refractivity contribution is 0.439. The standard InChI is InChI=1S/C17H15BrN2O/c1-10-5-3-8-14(11(10)2)16-15(17(19)21-20-16)12-6-4-7-13(18)9-12/h3-9H,19H2,1-2H3. The van der Waals surface area contributed by atoms with E-state index in [0.717, 1.165) is 26.9 Å². The molecule has 0 radical (unpaired) electrons. The van der Waals surface area contributed by atoms with Crippen LogP contribution in [-0.2, 0) is 0 Å². The molecular formula is C17H15BrN2O. The fourth-order valence-corrected chi connectivity index (χ4v) is 2.82. The van der Waals surface area contributed by atoms with Crippen molar-refractivity contribution < 1.29 is 4.52 Å². The summed E-state index contributed by atoms with van der Waals surface area (Å²) >= 11 is 3.49. The molecule has 3 nitrogen and oxygen atoms in total. The number of hydrogen-bond acceptors (Lipinski definition) is 3. The maximum Gasteiger partial charge on any atom is 0.230 e. The number of aryl methyl sites for hydroxylation is 1. The normalized spacial score (nSPS) is 10.8. The molecule has 0 saturated carbocycles. The Morgan fingerprint density at radius 2 is 1.86 bits per heavy atom. The zero-order valence-corrected chi connectivity index (χ0v) is 13.4. The zero-order chi connectivity index (χ0) is 15.0. The Balaban J connectivity index is 2.24. The van der Waals surface area contributed by atoms with Gasteiger partial charge in [-0.2, -0.15) is 0 Å². The van der Waals surface area contributed by atoms with Crippen molar-refractivity contribution in [2.75, 3.05) is 5.73 Å². The van der Waals surface area contributed by atoms with Crippen LogP contribution in [0.5, 0.6) is 0 Å². The predicted octanol–water partition coefficient (Wildman–Crippen LogP) is 4.97. The smallest absolute Gasteiger partial charge is 0.230 e. The number of rotatable bonds is 2. The average molecular weight is 343 g/mol. The van der Waals surface area contributed by atoms with Crippen LogP contribution in [0.1, 0.15) is 11.1 Å². The lowest BCUT2D eigenvalue weighted by atomic mass is 9.96. The van der Waals surface area contributed by atoms with Crippen molar-refractivity contribution in [3.05, 3.63) is 58.1 Å². The SMILES string of the molecule is Cc1cccc(-c2noc(N)c2-c2cccc(Br)c2)c1C. The molecule has 0 bridgehead atoms. The highest BCUT2D eigenvalue weighted by atomic mass is 79.9. The summed E-state index contributed by atoms with van der Waals surface area (Å²) in [6.45, 7) is 4.17. The van der Waals surface area contributed by atoms with Gasteiger partial charge in [-0.3, -0.25) is 0 Å². The van der Waals surface area contributed by atoms with E-state index < -0.39 is 0 Å². The first-order valence-corrected chi connectivity index (χ1v) is 7.45. The second-order valence-corrected chi connectivity index (χ2v) is 5.94. The Morgan fingerprint density at radius 3 is 2.62 bits per heavy atom. The second kappa shape index (κ2) is 5.37. The monoisotopic (exact) mass is 342 g/mol. The minimum absolute atomic E-state index is 0.337. The highest BCUT2D eigenvalue weighted by molar-refractivity contribution is 9.10. The summed E-state index contributed by atoms with van der Waals surface area (Å²) in [5, 5.41) is 4.18. The van der Waals surface area contributed by atoms with E-state index in [0.29, 0.717) is 5.88 Å². The van der Waals surface area contributed by atoms with Gasteiger partial charge >= 0.3 is 0 Å². The Kier molecular flexibility index (Phi) is 3.55. The molecule has 0 spiro atoms. The van der Waals surface area contributed by atoms with Gasteiger partial charge in [0.25, 0.3) is 0 Å². The fraction of sp³-hybridized carbons (Fsp3) is 0.118. The fourth-order valence-electron chi connectivity index (χ4n) is 2.42. The van der Waals surface area contributed by atoms with Gasteiger partial charge in [0, 0.05) is 10.0 Å². The number of anilines is 1. The molecule has 21 heavy (non-hydrogen) atoms. The van der Waals surface area contributed by atoms with E-state index in [-0.39, 0.29) is 0 Å². The summed E-state index contributed by atoms with van der Waals surface area (Å²) in [6, 6.07) is 14.1. The molecule has 2 aromatic carbocycles. The van der Waals surface area contributed by atoms with Gasteiger partial charge in [-0.25, -0.2) is 0 Å². The average Bonchev–Trinajstić information content (AvgIpc) is 2.83. The second-order valence-electron chi connectivity index (χ2n) is 5.03. The number of aromatic nitrogens is 1. The first kappa shape index (κ1) is 13.9. The van der Waals surface area contributed by atoms with Crippen molar-refractivity contribution in [3.63, 3.8) is 0 Å². The number of benzene rings is 2. The molecule has 0 saturated heterocycles. The Bertz CT molecular complexity index is 808. The predicted molar refractivity (Wildman–Crippen MR) is 89.0 cm³/mol. The van der Waals surface area contributed by atoms with E-state index in [1.807, 2.05) is 36.4 Å². The van der Waals surface area contributed by atoms with Crippen molar-refractivity contribution in [1.82, 2.24) is 5.16 Å². The summed E-state index contributed by atoms with van der Waals surface area (Å²) in [7, 11) is 0. The number of halogens is 1. The third-order valence-electron chi connectivity index (χ3n) is 3.69. The molecule has 0 aliphatic heterocycles. The number of hydrogen-bond donors (Lipinski definition) is 1. The Hall–Kier alpha value is -2.07. The van der Waals surface area contributed by atoms with Crippen LogP contribution in [0, 0.1) is 13.8 Å². The van der Waals surface area contributed by atoms with Crippen LogP contribution in [0.15, 0.2) is 51.5 Å². The molecule has 0 aliphatic rings. The summed E-state index contributed by atoms with van der Waals surface area (Å²) in [4.78, 5) is 0. The van der Waals surface area contributed by atoms with E-state index in [4.69, 9.17) is 10.3 Å². The molecule has 0 fully saturated rings. The highest BCUT2D eigenvalue weighted by Gasteiger charge is 2.19. The summed E-state index contributed by atoms with van der Waals surface area (Å²) < 4.78 is 6.24. The van der Waals surface area contributed by atoms with Crippen molar-refractivity contribution in [1.29, 1.82) is 0 Å². The molecule has 0 unspecified atom stereocenters. The highest BCUT2D eigenvalue weighted by Crippen LogP contribution is 2.38. The Labute approximate surface area is 131 Å². The van der Waals surface area contributed by atoms with Crippen LogP contribution in [0.2, 0.25) is 0 Å². The zero-order valence-electron chi connectivity index (χ0n) is 11.9. The van der Waals surface area contributed by atoms with Crippen molar-refractivity contribution in [2.45, 2.75) is 13.8 Å². The lowest BCUT2D eigenvalue weighted by Crippen LogP contribution is -1.91. The van der Waals surface area contributed by atoms with E-state index in [2.05, 4.69) is 41.0 Å². The van der Waals surface area contributed by atoms with Gasteiger partial charge in [-0.05, 0) is 42.7 Å². The Morgan fingerprint density at radius 1 is 1.10 bits per heavy atom. The third kappa shape index (κ3) is 2.47. The molecule has 1 aromatic heterocycles. The molecule has 0 atom stereocenters. The third-order valence-corrected chi connectivity index (χ3v) is 4.18. The maximum absolute atomic E-state index is 6.00. The van der Waals surface area contributed by atoms with Crippen LogP contribution in [0.4, 0.5) is 5.88 Å². The summed E-state index contributed by atoms with van der Waals surface area (Å²) in [5.41, 5.74) is 12.1. The van der Waals surface area contributed by atoms with Gasteiger partial charge < -0.3 is 10.3 Å². The number of nitrogens with zero attached hydrogens (tertiary/aromatic N) is 1. The van der Waals surface area contributed by atoms with Gasteiger partial charge in [0.15, 0.2) is 0 Å². The molecule has 2 N–H and O–H groups in total. The van der Waals surface area contributed by atoms with E-state index in [9.17, 15) is 0 Å². The topological polar surface area (TPSA) is 52.0 Å². The van der Waals surface area contributed by atoms with Crippen LogP contribution >= 0.6 is 15.9 Å². The molecule has 4 heteroatoms. The van der Waals surface area contributed by atoms with Crippen molar-refractivity contribution in [2.24, 2.45) is 0 Å². The lowest BCUT2D eigenvalue weighted by Gasteiger charge is -2.08. The van der Waals surface area contributed by atoms with Gasteiger partial charge in [-0.15, -0.1) is 0 Å². The molecule has 0 aliphatic carbocycles. The van der Waals surface area contributed by atoms with Gasteiger partial charge in [0.1, 0.15) is 5.69 Å². The first-order chi connectivity index (χ1) is 10.1. The van der Waals surface area contributed by atoms with E-state index in [1.165, 1.54) is 11.1 Å². The van der Waals surface area contributed by atoms with Crippen LogP contribution in [-0.4, -0.2) is 5.16 Å². The van der Waals surface area contributed by atoms with Crippen LogP contribution in [0.3, 0.4) is 0 Å². The number of nitrogens with two attached hydrogens (primary N) is 1. The maximum atomic E-state index is 6.00. The minimum atomic E-state index is 0.337. The number of nitrogen functional groups attached to an aromatic ring is 1. The quantitative estimate of drug-likeness (QED) is 0.715. The summed E-state index contributed by atoms with van der Waals surface area (Å²) in [5.74, 6) is 0.337. The first-order valence-electron chi connectivity index (χ1n) is 6.65. The molecule has 1 heterocycles. The van der Waals surface area contributed by atoms with Gasteiger partial charge in [-0.1, -0.05) is 51.4 Å². The minimum Gasteiger partial charge on any atom is -0.367 e. The summed E-state index contributed by atoms with van der Waals surface area (Å²) in [6.07, 6.45) is 0. The van der Waals surface area contributed by atoms with Crippen molar-refractivity contribution in [3.8, 4) is 22.4 Å². The molecule has 106 valence electrons.